The Balaban J connectivity index is 2.15. The van der Waals surface area contributed by atoms with Crippen molar-refractivity contribution in [3.8, 4) is 0 Å². The molecule has 0 radical (unpaired) electrons. The molecule has 0 bridgehead atoms. The molecule has 1 unspecified atom stereocenters. The maximum atomic E-state index is 5.40. The smallest absolute Gasteiger partial charge is 0.158 e. The Kier molecular flexibility index (Phi) is 4.18. The molecule has 1 fully saturated rings. The maximum absolute atomic E-state index is 5.40. The summed E-state index contributed by atoms with van der Waals surface area (Å²) < 4.78 is 10.7. The van der Waals surface area contributed by atoms with Gasteiger partial charge < -0.3 is 9.47 Å². The molecule has 1 heterocycles. The number of ether oxygens (including phenoxy) is 2. The van der Waals surface area contributed by atoms with Crippen molar-refractivity contribution in [2.24, 2.45) is 0 Å². The molecule has 1 atom stereocenters. The van der Waals surface area contributed by atoms with E-state index in [0.29, 0.717) is 0 Å². The lowest BCUT2D eigenvalue weighted by Crippen LogP contribution is -2.16. The van der Waals surface area contributed by atoms with E-state index in [1.807, 2.05) is 18.7 Å². The van der Waals surface area contributed by atoms with Gasteiger partial charge in [0.2, 0.25) is 0 Å². The van der Waals surface area contributed by atoms with Crippen molar-refractivity contribution < 1.29 is 9.47 Å². The Labute approximate surface area is 66.3 Å². The second kappa shape index (κ2) is 4.99. The van der Waals surface area contributed by atoms with Gasteiger partial charge in [-0.25, -0.2) is 0 Å². The SMILES string of the molecule is CCOC1CCSCCO1. The molecule has 0 spiro atoms. The van der Waals surface area contributed by atoms with E-state index in [4.69, 9.17) is 9.47 Å². The minimum absolute atomic E-state index is 0.0694. The fraction of sp³-hybridized carbons (Fsp3) is 1.00. The Hall–Kier alpha value is 0.270. The van der Waals surface area contributed by atoms with Gasteiger partial charge in [-0.2, -0.15) is 11.8 Å². The van der Waals surface area contributed by atoms with Crippen LogP contribution in [0.15, 0.2) is 0 Å². The van der Waals surface area contributed by atoms with Crippen molar-refractivity contribution in [2.75, 3.05) is 24.7 Å². The molecule has 0 aromatic heterocycles. The molecule has 1 aliphatic rings. The minimum Gasteiger partial charge on any atom is -0.353 e. The molecule has 60 valence electrons. The Bertz CT molecular complexity index is 79.7. The first-order chi connectivity index (χ1) is 4.93. The fourth-order valence-electron chi connectivity index (χ4n) is 0.921. The summed E-state index contributed by atoms with van der Waals surface area (Å²) in [6.07, 6.45) is 1.11. The Morgan fingerprint density at radius 3 is 3.30 bits per heavy atom. The van der Waals surface area contributed by atoms with Gasteiger partial charge >= 0.3 is 0 Å². The van der Waals surface area contributed by atoms with Gasteiger partial charge in [0.25, 0.3) is 0 Å². The summed E-state index contributed by atoms with van der Waals surface area (Å²) in [5.74, 6) is 2.29. The standard InChI is InChI=1S/C7H14O2S/c1-2-8-7-3-5-10-6-4-9-7/h7H,2-6H2,1H3. The summed E-state index contributed by atoms with van der Waals surface area (Å²) in [6, 6.07) is 0. The molecule has 1 aliphatic heterocycles. The highest BCUT2D eigenvalue weighted by molar-refractivity contribution is 7.99. The number of thioether (sulfide) groups is 1. The van der Waals surface area contributed by atoms with Crippen molar-refractivity contribution in [3.63, 3.8) is 0 Å². The summed E-state index contributed by atoms with van der Waals surface area (Å²) in [5, 5.41) is 0. The topological polar surface area (TPSA) is 18.5 Å². The molecule has 3 heteroatoms. The fourth-order valence-corrected chi connectivity index (χ4v) is 1.70. The molecule has 0 aliphatic carbocycles. The lowest BCUT2D eigenvalue weighted by Gasteiger charge is -2.13. The normalized spacial score (nSPS) is 27.9. The summed E-state index contributed by atoms with van der Waals surface area (Å²) >= 11 is 1.94. The quantitative estimate of drug-likeness (QED) is 0.613. The molecule has 0 aromatic carbocycles. The predicted molar refractivity (Wildman–Crippen MR) is 43.3 cm³/mol. The molecule has 0 aromatic rings. The average Bonchev–Trinajstić information content (AvgIpc) is 2.17. The van der Waals surface area contributed by atoms with E-state index >= 15 is 0 Å². The van der Waals surface area contributed by atoms with Gasteiger partial charge in [-0.3, -0.25) is 0 Å². The average molecular weight is 162 g/mol. The summed E-state index contributed by atoms with van der Waals surface area (Å²) in [5.41, 5.74) is 0. The van der Waals surface area contributed by atoms with Crippen LogP contribution in [0.1, 0.15) is 13.3 Å². The summed E-state index contributed by atoms with van der Waals surface area (Å²) in [4.78, 5) is 0. The minimum atomic E-state index is 0.0694. The van der Waals surface area contributed by atoms with Gasteiger partial charge in [-0.1, -0.05) is 0 Å². The van der Waals surface area contributed by atoms with E-state index in [0.717, 1.165) is 25.4 Å². The van der Waals surface area contributed by atoms with Crippen molar-refractivity contribution in [1.29, 1.82) is 0 Å². The molecule has 1 rings (SSSR count). The maximum Gasteiger partial charge on any atom is 0.158 e. The molecular weight excluding hydrogens is 148 g/mol. The first-order valence-electron chi connectivity index (χ1n) is 3.74. The van der Waals surface area contributed by atoms with E-state index in [1.165, 1.54) is 5.75 Å². The van der Waals surface area contributed by atoms with Gasteiger partial charge in [0.15, 0.2) is 6.29 Å². The lowest BCUT2D eigenvalue weighted by atomic mass is 10.5. The third-order valence-electron chi connectivity index (χ3n) is 1.38. The van der Waals surface area contributed by atoms with Crippen molar-refractivity contribution in [3.05, 3.63) is 0 Å². The highest BCUT2D eigenvalue weighted by Gasteiger charge is 2.11. The summed E-state index contributed by atoms with van der Waals surface area (Å²) in [7, 11) is 0. The molecule has 0 amide bonds. The van der Waals surface area contributed by atoms with E-state index in [1.54, 1.807) is 0 Å². The van der Waals surface area contributed by atoms with E-state index in [-0.39, 0.29) is 6.29 Å². The molecular formula is C7H14O2S. The van der Waals surface area contributed by atoms with E-state index < -0.39 is 0 Å². The second-order valence-electron chi connectivity index (χ2n) is 2.16. The second-order valence-corrected chi connectivity index (χ2v) is 3.38. The van der Waals surface area contributed by atoms with Gasteiger partial charge in [0.05, 0.1) is 6.61 Å². The third kappa shape index (κ3) is 2.90. The van der Waals surface area contributed by atoms with Crippen LogP contribution in [0.25, 0.3) is 0 Å². The largest absolute Gasteiger partial charge is 0.353 e. The molecule has 0 N–H and O–H groups in total. The van der Waals surface area contributed by atoms with Crippen LogP contribution in [0.3, 0.4) is 0 Å². The zero-order valence-electron chi connectivity index (χ0n) is 6.34. The first-order valence-corrected chi connectivity index (χ1v) is 4.90. The van der Waals surface area contributed by atoms with Crippen LogP contribution in [0.2, 0.25) is 0 Å². The van der Waals surface area contributed by atoms with E-state index in [2.05, 4.69) is 0 Å². The van der Waals surface area contributed by atoms with Gasteiger partial charge in [0.1, 0.15) is 0 Å². The predicted octanol–water partition coefficient (Wildman–Crippen LogP) is 1.50. The molecule has 10 heavy (non-hydrogen) atoms. The van der Waals surface area contributed by atoms with Crippen LogP contribution in [0, 0.1) is 0 Å². The van der Waals surface area contributed by atoms with Gasteiger partial charge in [0, 0.05) is 18.8 Å². The van der Waals surface area contributed by atoms with Gasteiger partial charge in [-0.05, 0) is 12.7 Å². The third-order valence-corrected chi connectivity index (χ3v) is 2.36. The highest BCUT2D eigenvalue weighted by Crippen LogP contribution is 2.13. The van der Waals surface area contributed by atoms with Crippen LogP contribution < -0.4 is 0 Å². The van der Waals surface area contributed by atoms with Crippen molar-refractivity contribution >= 4 is 11.8 Å². The summed E-state index contributed by atoms with van der Waals surface area (Å²) in [6.45, 7) is 3.60. The number of hydrogen-bond acceptors (Lipinski definition) is 3. The molecule has 2 nitrogen and oxygen atoms in total. The zero-order chi connectivity index (χ0) is 7.23. The molecule has 0 saturated carbocycles. The van der Waals surface area contributed by atoms with Gasteiger partial charge in [-0.15, -0.1) is 0 Å². The van der Waals surface area contributed by atoms with Crippen LogP contribution in [-0.4, -0.2) is 31.0 Å². The van der Waals surface area contributed by atoms with Crippen LogP contribution in [0.4, 0.5) is 0 Å². The number of rotatable bonds is 2. The van der Waals surface area contributed by atoms with Crippen molar-refractivity contribution in [2.45, 2.75) is 19.6 Å². The lowest BCUT2D eigenvalue weighted by molar-refractivity contribution is -0.133. The first kappa shape index (κ1) is 8.37. The Morgan fingerprint density at radius 2 is 2.50 bits per heavy atom. The van der Waals surface area contributed by atoms with Crippen LogP contribution in [0.5, 0.6) is 0 Å². The highest BCUT2D eigenvalue weighted by atomic mass is 32.2. The Morgan fingerprint density at radius 1 is 1.60 bits per heavy atom. The van der Waals surface area contributed by atoms with Crippen LogP contribution in [-0.2, 0) is 9.47 Å². The number of hydrogen-bond donors (Lipinski definition) is 0. The molecule has 1 saturated heterocycles. The zero-order valence-corrected chi connectivity index (χ0v) is 7.15. The monoisotopic (exact) mass is 162 g/mol. The van der Waals surface area contributed by atoms with E-state index in [9.17, 15) is 0 Å². The van der Waals surface area contributed by atoms with Crippen LogP contribution >= 0.6 is 11.8 Å². The van der Waals surface area contributed by atoms with Crippen molar-refractivity contribution in [1.82, 2.24) is 0 Å².